The average Bonchev–Trinajstić information content (AvgIpc) is 2.41. The zero-order valence-corrected chi connectivity index (χ0v) is 9.93. The lowest BCUT2D eigenvalue weighted by atomic mass is 9.96. The summed E-state index contributed by atoms with van der Waals surface area (Å²) in [6, 6.07) is 14.2. The predicted molar refractivity (Wildman–Crippen MR) is 75.5 cm³/mol. The van der Waals surface area contributed by atoms with Gasteiger partial charge in [-0.2, -0.15) is 0 Å². The Kier molecular flexibility index (Phi) is 3.30. The monoisotopic (exact) mass is 240 g/mol. The summed E-state index contributed by atoms with van der Waals surface area (Å²) in [5, 5.41) is 8.15. The summed E-state index contributed by atoms with van der Waals surface area (Å²) in [6.07, 6.45) is 0. The molecule has 92 valence electrons. The van der Waals surface area contributed by atoms with Crippen LogP contribution in [0.5, 0.6) is 0 Å². The van der Waals surface area contributed by atoms with Crippen molar-refractivity contribution in [2.75, 3.05) is 11.5 Å². The van der Waals surface area contributed by atoms with Gasteiger partial charge in [0.1, 0.15) is 0 Å². The Labute approximate surface area is 106 Å². The number of para-hydroxylation sites is 1. The summed E-state index contributed by atoms with van der Waals surface area (Å²) in [4.78, 5) is 0. The highest BCUT2D eigenvalue weighted by Crippen LogP contribution is 2.24. The normalized spacial score (nSPS) is 12.1. The Bertz CT molecular complexity index is 563. The smallest absolute Gasteiger partial charge is 0.0726 e. The summed E-state index contributed by atoms with van der Waals surface area (Å²) < 4.78 is 0. The Morgan fingerprint density at radius 2 is 1.61 bits per heavy atom. The number of rotatable bonds is 3. The Morgan fingerprint density at radius 3 is 2.28 bits per heavy atom. The zero-order valence-electron chi connectivity index (χ0n) is 9.93. The Balaban J connectivity index is 2.35. The molecule has 0 bridgehead atoms. The molecule has 0 aliphatic heterocycles. The number of benzene rings is 2. The van der Waals surface area contributed by atoms with Crippen molar-refractivity contribution in [3.05, 3.63) is 59.7 Å². The van der Waals surface area contributed by atoms with Gasteiger partial charge in [0.15, 0.2) is 0 Å². The molecule has 0 heterocycles. The van der Waals surface area contributed by atoms with E-state index >= 15 is 0 Å². The number of nitrogens with one attached hydrogen (secondary N) is 1. The van der Waals surface area contributed by atoms with Crippen molar-refractivity contribution < 1.29 is 0 Å². The second-order valence-electron chi connectivity index (χ2n) is 4.11. The van der Waals surface area contributed by atoms with Crippen molar-refractivity contribution >= 4 is 17.1 Å². The van der Waals surface area contributed by atoms with Crippen LogP contribution in [-0.2, 0) is 0 Å². The molecule has 7 N–H and O–H groups in total. The van der Waals surface area contributed by atoms with E-state index in [4.69, 9.17) is 22.6 Å². The number of anilines is 2. The molecule has 1 unspecified atom stereocenters. The fraction of sp³-hybridized carbons (Fsp3) is 0.0714. The quantitative estimate of drug-likeness (QED) is 0.487. The maximum Gasteiger partial charge on any atom is 0.0726 e. The van der Waals surface area contributed by atoms with E-state index in [0.717, 1.165) is 5.56 Å². The maximum absolute atomic E-state index is 8.15. The van der Waals surface area contributed by atoms with Gasteiger partial charge < -0.3 is 22.6 Å². The van der Waals surface area contributed by atoms with Gasteiger partial charge >= 0.3 is 0 Å². The topological polar surface area (TPSA) is 102 Å². The second kappa shape index (κ2) is 4.89. The van der Waals surface area contributed by atoms with E-state index < -0.39 is 6.04 Å². The van der Waals surface area contributed by atoms with Crippen LogP contribution in [0.3, 0.4) is 0 Å². The van der Waals surface area contributed by atoms with E-state index in [0.29, 0.717) is 16.9 Å². The summed E-state index contributed by atoms with van der Waals surface area (Å²) in [7, 11) is 0. The lowest BCUT2D eigenvalue weighted by Crippen LogP contribution is -2.22. The molecule has 2 rings (SSSR count). The van der Waals surface area contributed by atoms with Crippen molar-refractivity contribution in [3.8, 4) is 0 Å². The zero-order chi connectivity index (χ0) is 13.1. The predicted octanol–water partition coefficient (Wildman–Crippen LogP) is 1.92. The van der Waals surface area contributed by atoms with Gasteiger partial charge in [0.05, 0.1) is 23.1 Å². The SMILES string of the molecule is N=C(c1cccc(N)c1N)C(N)c1ccccc1. The van der Waals surface area contributed by atoms with Gasteiger partial charge in [-0.1, -0.05) is 42.5 Å². The van der Waals surface area contributed by atoms with Crippen LogP contribution in [0.15, 0.2) is 48.5 Å². The molecule has 0 aliphatic carbocycles. The molecule has 0 saturated heterocycles. The molecule has 0 aromatic heterocycles. The lowest BCUT2D eigenvalue weighted by molar-refractivity contribution is 0.952. The van der Waals surface area contributed by atoms with Crippen LogP contribution in [0.1, 0.15) is 17.2 Å². The van der Waals surface area contributed by atoms with E-state index in [1.165, 1.54) is 0 Å². The first-order chi connectivity index (χ1) is 8.61. The van der Waals surface area contributed by atoms with Gasteiger partial charge in [0.2, 0.25) is 0 Å². The molecule has 0 spiro atoms. The van der Waals surface area contributed by atoms with Crippen LogP contribution >= 0.6 is 0 Å². The minimum atomic E-state index is -0.504. The molecular formula is C14H16N4. The van der Waals surface area contributed by atoms with Gasteiger partial charge in [-0.3, -0.25) is 0 Å². The van der Waals surface area contributed by atoms with Crippen molar-refractivity contribution in [2.45, 2.75) is 6.04 Å². The fourth-order valence-electron chi connectivity index (χ4n) is 1.81. The highest BCUT2D eigenvalue weighted by atomic mass is 14.7. The molecule has 2 aromatic rings. The van der Waals surface area contributed by atoms with Crippen molar-refractivity contribution in [3.63, 3.8) is 0 Å². The molecule has 0 amide bonds. The van der Waals surface area contributed by atoms with Gasteiger partial charge in [0.25, 0.3) is 0 Å². The van der Waals surface area contributed by atoms with Crippen molar-refractivity contribution in [1.29, 1.82) is 5.41 Å². The van der Waals surface area contributed by atoms with Crippen LogP contribution in [0.25, 0.3) is 0 Å². The highest BCUT2D eigenvalue weighted by Gasteiger charge is 2.16. The first-order valence-corrected chi connectivity index (χ1v) is 5.64. The fourth-order valence-corrected chi connectivity index (χ4v) is 1.81. The third kappa shape index (κ3) is 2.19. The van der Waals surface area contributed by atoms with Gasteiger partial charge in [-0.25, -0.2) is 0 Å². The molecule has 1 atom stereocenters. The molecule has 18 heavy (non-hydrogen) atoms. The minimum Gasteiger partial charge on any atom is -0.397 e. The molecule has 0 aliphatic rings. The van der Waals surface area contributed by atoms with E-state index in [-0.39, 0.29) is 5.71 Å². The molecule has 0 saturated carbocycles. The van der Waals surface area contributed by atoms with E-state index in [1.807, 2.05) is 30.3 Å². The molecular weight excluding hydrogens is 224 g/mol. The molecule has 0 fully saturated rings. The van der Waals surface area contributed by atoms with Crippen LogP contribution in [0.2, 0.25) is 0 Å². The minimum absolute atomic E-state index is 0.269. The van der Waals surface area contributed by atoms with Crippen LogP contribution in [0, 0.1) is 5.41 Å². The van der Waals surface area contributed by atoms with Gasteiger partial charge in [-0.05, 0) is 11.6 Å². The molecule has 4 nitrogen and oxygen atoms in total. The number of nitrogens with two attached hydrogens (primary N) is 3. The maximum atomic E-state index is 8.15. The first-order valence-electron chi connectivity index (χ1n) is 5.64. The van der Waals surface area contributed by atoms with E-state index in [9.17, 15) is 0 Å². The summed E-state index contributed by atoms with van der Waals surface area (Å²) >= 11 is 0. The van der Waals surface area contributed by atoms with Crippen LogP contribution < -0.4 is 17.2 Å². The molecule has 2 aromatic carbocycles. The molecule has 4 heteroatoms. The largest absolute Gasteiger partial charge is 0.397 e. The average molecular weight is 240 g/mol. The number of hydrogen-bond donors (Lipinski definition) is 4. The van der Waals surface area contributed by atoms with Crippen molar-refractivity contribution in [2.24, 2.45) is 5.73 Å². The van der Waals surface area contributed by atoms with Gasteiger partial charge in [0, 0.05) is 5.56 Å². The number of nitrogen functional groups attached to an aromatic ring is 2. The van der Waals surface area contributed by atoms with Gasteiger partial charge in [-0.15, -0.1) is 0 Å². The standard InChI is InChI=1S/C14H16N4/c15-11-8-4-7-10(13(11)17)14(18)12(16)9-5-2-1-3-6-9/h1-8,12,18H,15-17H2. The summed E-state index contributed by atoms with van der Waals surface area (Å²) in [5.74, 6) is 0. The third-order valence-corrected chi connectivity index (χ3v) is 2.90. The van der Waals surface area contributed by atoms with Crippen molar-refractivity contribution in [1.82, 2.24) is 0 Å². The first kappa shape index (κ1) is 12.1. The van der Waals surface area contributed by atoms with E-state index in [2.05, 4.69) is 0 Å². The second-order valence-corrected chi connectivity index (χ2v) is 4.11. The summed E-state index contributed by atoms with van der Waals surface area (Å²) in [5.41, 5.74) is 20.3. The lowest BCUT2D eigenvalue weighted by Gasteiger charge is -2.16. The Hall–Kier alpha value is -2.33. The Morgan fingerprint density at radius 1 is 0.944 bits per heavy atom. The van der Waals surface area contributed by atoms with E-state index in [1.54, 1.807) is 18.2 Å². The highest BCUT2D eigenvalue weighted by molar-refractivity contribution is 6.07. The van der Waals surface area contributed by atoms with Crippen LogP contribution in [0.4, 0.5) is 11.4 Å². The van der Waals surface area contributed by atoms with Crippen LogP contribution in [-0.4, -0.2) is 5.71 Å². The number of hydrogen-bond acceptors (Lipinski definition) is 4. The third-order valence-electron chi connectivity index (χ3n) is 2.90. The summed E-state index contributed by atoms with van der Waals surface area (Å²) in [6.45, 7) is 0. The molecule has 0 radical (unpaired) electrons.